The lowest BCUT2D eigenvalue weighted by Crippen LogP contribution is -2.46. The van der Waals surface area contributed by atoms with Crippen molar-refractivity contribution in [1.82, 2.24) is 10.1 Å². The topological polar surface area (TPSA) is 79.0 Å². The summed E-state index contributed by atoms with van der Waals surface area (Å²) in [5.41, 5.74) is 1.86. The van der Waals surface area contributed by atoms with Crippen LogP contribution in [0.5, 0.6) is 5.75 Å². The van der Waals surface area contributed by atoms with E-state index in [1.54, 1.807) is 30.3 Å². The van der Waals surface area contributed by atoms with Crippen molar-refractivity contribution in [2.24, 2.45) is 0 Å². The predicted octanol–water partition coefficient (Wildman–Crippen LogP) is 5.01. The van der Waals surface area contributed by atoms with Crippen molar-refractivity contribution in [3.63, 3.8) is 0 Å². The molecule has 1 saturated heterocycles. The van der Waals surface area contributed by atoms with Crippen LogP contribution >= 0.6 is 11.6 Å². The van der Waals surface area contributed by atoms with Crippen LogP contribution in [-0.4, -0.2) is 52.6 Å². The van der Waals surface area contributed by atoms with E-state index in [0.717, 1.165) is 16.5 Å². The molecule has 35 heavy (non-hydrogen) atoms. The SMILES string of the molecule is OC(COc1ccc(-c2noc3cc(F)ccc23)cc1)CN1CCC(O)(c2ccc(Cl)cc2)CC1. The van der Waals surface area contributed by atoms with Gasteiger partial charge in [-0.15, -0.1) is 0 Å². The molecule has 182 valence electrons. The Morgan fingerprint density at radius 3 is 2.49 bits per heavy atom. The van der Waals surface area contributed by atoms with Gasteiger partial charge in [0.1, 0.15) is 30.0 Å². The van der Waals surface area contributed by atoms with Crippen LogP contribution in [0.15, 0.2) is 71.3 Å². The molecule has 4 aromatic rings. The van der Waals surface area contributed by atoms with Gasteiger partial charge in [0.25, 0.3) is 0 Å². The smallest absolute Gasteiger partial charge is 0.170 e. The molecule has 8 heteroatoms. The fraction of sp³-hybridized carbons (Fsp3) is 0.296. The number of aliphatic hydroxyl groups is 2. The van der Waals surface area contributed by atoms with E-state index in [-0.39, 0.29) is 12.4 Å². The lowest BCUT2D eigenvalue weighted by Gasteiger charge is -2.39. The Hall–Kier alpha value is -2.97. The molecule has 0 aliphatic carbocycles. The number of rotatable bonds is 7. The number of nitrogens with zero attached hydrogens (tertiary/aromatic N) is 2. The highest BCUT2D eigenvalue weighted by molar-refractivity contribution is 6.30. The molecule has 0 saturated carbocycles. The van der Waals surface area contributed by atoms with Gasteiger partial charge in [-0.3, -0.25) is 0 Å². The maximum atomic E-state index is 13.4. The monoisotopic (exact) mass is 496 g/mol. The molecule has 1 aliphatic heterocycles. The molecule has 1 unspecified atom stereocenters. The minimum Gasteiger partial charge on any atom is -0.491 e. The molecular weight excluding hydrogens is 471 g/mol. The Labute approximate surface area is 207 Å². The van der Waals surface area contributed by atoms with E-state index in [1.807, 2.05) is 24.3 Å². The Kier molecular flexibility index (Phi) is 6.75. The van der Waals surface area contributed by atoms with Gasteiger partial charge in [-0.05, 0) is 66.9 Å². The number of halogens is 2. The van der Waals surface area contributed by atoms with Crippen LogP contribution in [0.4, 0.5) is 4.39 Å². The molecule has 0 spiro atoms. The summed E-state index contributed by atoms with van der Waals surface area (Å²) in [6.45, 7) is 1.99. The van der Waals surface area contributed by atoms with E-state index >= 15 is 0 Å². The van der Waals surface area contributed by atoms with Crippen LogP contribution in [0.2, 0.25) is 5.02 Å². The highest BCUT2D eigenvalue weighted by atomic mass is 35.5. The molecule has 1 aromatic heterocycles. The molecule has 0 radical (unpaired) electrons. The Morgan fingerprint density at radius 2 is 1.77 bits per heavy atom. The van der Waals surface area contributed by atoms with Crippen molar-refractivity contribution < 1.29 is 23.9 Å². The second-order valence-electron chi connectivity index (χ2n) is 9.00. The van der Waals surface area contributed by atoms with Gasteiger partial charge < -0.3 is 24.4 Å². The first-order valence-corrected chi connectivity index (χ1v) is 11.9. The molecule has 2 heterocycles. The highest BCUT2D eigenvalue weighted by Gasteiger charge is 2.34. The number of piperidine rings is 1. The zero-order chi connectivity index (χ0) is 24.4. The second kappa shape index (κ2) is 9.95. The average molecular weight is 497 g/mol. The number of aromatic nitrogens is 1. The summed E-state index contributed by atoms with van der Waals surface area (Å²) in [6.07, 6.45) is 0.519. The summed E-state index contributed by atoms with van der Waals surface area (Å²) in [4.78, 5) is 2.14. The van der Waals surface area contributed by atoms with Gasteiger partial charge in [0, 0.05) is 41.7 Å². The maximum absolute atomic E-state index is 13.4. The van der Waals surface area contributed by atoms with E-state index in [0.29, 0.717) is 54.5 Å². The summed E-state index contributed by atoms with van der Waals surface area (Å²) in [5.74, 6) is 0.256. The summed E-state index contributed by atoms with van der Waals surface area (Å²) >= 11 is 5.96. The van der Waals surface area contributed by atoms with Crippen LogP contribution in [0.3, 0.4) is 0 Å². The summed E-state index contributed by atoms with van der Waals surface area (Å²) in [5, 5.41) is 26.9. The normalized spacial score (nSPS) is 16.9. The maximum Gasteiger partial charge on any atom is 0.170 e. The summed E-state index contributed by atoms with van der Waals surface area (Å²) in [7, 11) is 0. The van der Waals surface area contributed by atoms with Crippen molar-refractivity contribution in [3.05, 3.63) is 83.1 Å². The van der Waals surface area contributed by atoms with Gasteiger partial charge in [-0.1, -0.05) is 28.9 Å². The quantitative estimate of drug-likeness (QED) is 0.374. The van der Waals surface area contributed by atoms with Gasteiger partial charge in [-0.25, -0.2) is 4.39 Å². The molecule has 0 amide bonds. The van der Waals surface area contributed by atoms with Crippen LogP contribution in [0.25, 0.3) is 22.2 Å². The fourth-order valence-electron chi connectivity index (χ4n) is 4.53. The number of aliphatic hydroxyl groups excluding tert-OH is 1. The number of fused-ring (bicyclic) bond motifs is 1. The number of hydrogen-bond donors (Lipinski definition) is 2. The van der Waals surface area contributed by atoms with Crippen molar-refractivity contribution >= 4 is 22.6 Å². The largest absolute Gasteiger partial charge is 0.491 e. The molecule has 1 aliphatic rings. The van der Waals surface area contributed by atoms with Crippen molar-refractivity contribution in [2.45, 2.75) is 24.5 Å². The molecule has 1 atom stereocenters. The van der Waals surface area contributed by atoms with Crippen molar-refractivity contribution in [3.8, 4) is 17.0 Å². The van der Waals surface area contributed by atoms with Crippen LogP contribution in [0.1, 0.15) is 18.4 Å². The van der Waals surface area contributed by atoms with Gasteiger partial charge in [0.15, 0.2) is 5.58 Å². The van der Waals surface area contributed by atoms with Gasteiger partial charge >= 0.3 is 0 Å². The predicted molar refractivity (Wildman–Crippen MR) is 132 cm³/mol. The summed E-state index contributed by atoms with van der Waals surface area (Å²) in [6, 6.07) is 19.0. The first-order chi connectivity index (χ1) is 16.9. The Morgan fingerprint density at radius 1 is 1.06 bits per heavy atom. The summed E-state index contributed by atoms with van der Waals surface area (Å²) < 4.78 is 24.4. The Balaban J connectivity index is 1.12. The number of β-amino-alcohol motifs (C(OH)–C–C–N with tert-alkyl or cyclic N) is 1. The van der Waals surface area contributed by atoms with E-state index < -0.39 is 11.7 Å². The van der Waals surface area contributed by atoms with Crippen LogP contribution in [0, 0.1) is 5.82 Å². The molecule has 3 aromatic carbocycles. The first-order valence-electron chi connectivity index (χ1n) is 11.6. The third kappa shape index (κ3) is 5.33. The average Bonchev–Trinajstić information content (AvgIpc) is 3.28. The lowest BCUT2D eigenvalue weighted by molar-refractivity contribution is -0.0372. The third-order valence-corrected chi connectivity index (χ3v) is 6.79. The van der Waals surface area contributed by atoms with Crippen LogP contribution < -0.4 is 4.74 Å². The number of hydrogen-bond acceptors (Lipinski definition) is 6. The van der Waals surface area contributed by atoms with Crippen molar-refractivity contribution in [1.29, 1.82) is 0 Å². The van der Waals surface area contributed by atoms with Gasteiger partial charge in [-0.2, -0.15) is 0 Å². The van der Waals surface area contributed by atoms with Gasteiger partial charge in [0.2, 0.25) is 0 Å². The van der Waals surface area contributed by atoms with Crippen molar-refractivity contribution in [2.75, 3.05) is 26.2 Å². The first kappa shape index (κ1) is 23.8. The minimum atomic E-state index is -0.867. The number of likely N-dealkylation sites (tertiary alicyclic amines) is 1. The van der Waals surface area contributed by atoms with E-state index in [2.05, 4.69) is 10.1 Å². The standard InChI is InChI=1S/C27H26ClFN2O4/c28-20-5-3-19(4-6-20)27(33)11-13-31(14-12-27)16-22(32)17-34-23-8-1-18(2-9-23)26-24-10-7-21(29)15-25(24)35-30-26/h1-10,15,22,32-33H,11-14,16-17H2. The van der Waals surface area contributed by atoms with E-state index in [1.165, 1.54) is 12.1 Å². The van der Waals surface area contributed by atoms with Crippen LogP contribution in [-0.2, 0) is 5.60 Å². The van der Waals surface area contributed by atoms with E-state index in [4.69, 9.17) is 20.9 Å². The zero-order valence-electron chi connectivity index (χ0n) is 19.0. The number of ether oxygens (including phenoxy) is 1. The molecule has 2 N–H and O–H groups in total. The molecule has 6 nitrogen and oxygen atoms in total. The third-order valence-electron chi connectivity index (χ3n) is 6.54. The molecule has 5 rings (SSSR count). The molecule has 1 fully saturated rings. The highest BCUT2D eigenvalue weighted by Crippen LogP contribution is 2.33. The Bertz CT molecular complexity index is 1290. The van der Waals surface area contributed by atoms with Gasteiger partial charge in [0.05, 0.1) is 5.60 Å². The van der Waals surface area contributed by atoms with E-state index in [9.17, 15) is 14.6 Å². The fourth-order valence-corrected chi connectivity index (χ4v) is 4.65. The zero-order valence-corrected chi connectivity index (χ0v) is 19.8. The molecular formula is C27H26ClFN2O4. The minimum absolute atomic E-state index is 0.156. The number of benzene rings is 3. The second-order valence-corrected chi connectivity index (χ2v) is 9.44. The molecule has 0 bridgehead atoms. The lowest BCUT2D eigenvalue weighted by atomic mass is 9.84.